The highest BCUT2D eigenvalue weighted by Gasteiger charge is 2.18. The molecular formula is C11H12F2O. The average molecular weight is 198 g/mol. The predicted molar refractivity (Wildman–Crippen MR) is 50.6 cm³/mol. The van der Waals surface area contributed by atoms with E-state index in [2.05, 4.69) is 0 Å². The van der Waals surface area contributed by atoms with Crippen LogP contribution < -0.4 is 0 Å². The van der Waals surface area contributed by atoms with E-state index >= 15 is 0 Å². The molecule has 0 heterocycles. The van der Waals surface area contributed by atoms with E-state index < -0.39 is 12.3 Å². The molecule has 0 aliphatic carbocycles. The lowest BCUT2D eigenvalue weighted by atomic mass is 9.97. The van der Waals surface area contributed by atoms with Crippen molar-refractivity contribution in [1.29, 1.82) is 0 Å². The molecular weight excluding hydrogens is 186 g/mol. The van der Waals surface area contributed by atoms with Gasteiger partial charge in [-0.3, -0.25) is 4.79 Å². The Morgan fingerprint density at radius 1 is 1.29 bits per heavy atom. The van der Waals surface area contributed by atoms with Crippen molar-refractivity contribution in [3.05, 3.63) is 35.9 Å². The SMILES string of the molecule is CC(CC(F)F)C(=O)c1ccccc1. The van der Waals surface area contributed by atoms with E-state index in [4.69, 9.17) is 0 Å². The molecule has 3 heteroatoms. The third-order valence-electron chi connectivity index (χ3n) is 2.04. The molecule has 0 fully saturated rings. The number of hydrogen-bond acceptors (Lipinski definition) is 1. The summed E-state index contributed by atoms with van der Waals surface area (Å²) < 4.78 is 24.0. The first-order valence-electron chi connectivity index (χ1n) is 4.48. The number of halogens is 2. The molecule has 0 aliphatic heterocycles. The van der Waals surface area contributed by atoms with Crippen LogP contribution in [0.1, 0.15) is 23.7 Å². The number of carbonyl (C=O) groups excluding carboxylic acids is 1. The van der Waals surface area contributed by atoms with Crippen LogP contribution in [0.3, 0.4) is 0 Å². The summed E-state index contributed by atoms with van der Waals surface area (Å²) in [5.74, 6) is -0.830. The van der Waals surface area contributed by atoms with Gasteiger partial charge in [-0.1, -0.05) is 37.3 Å². The molecule has 0 N–H and O–H groups in total. The highest BCUT2D eigenvalue weighted by molar-refractivity contribution is 5.97. The Balaban J connectivity index is 2.66. The highest BCUT2D eigenvalue weighted by atomic mass is 19.3. The number of carbonyl (C=O) groups is 1. The summed E-state index contributed by atoms with van der Waals surface area (Å²) in [7, 11) is 0. The van der Waals surface area contributed by atoms with E-state index in [1.54, 1.807) is 30.3 Å². The van der Waals surface area contributed by atoms with Crippen LogP contribution in [0.4, 0.5) is 8.78 Å². The molecule has 0 saturated heterocycles. The number of rotatable bonds is 4. The van der Waals surface area contributed by atoms with E-state index in [1.807, 2.05) is 0 Å². The zero-order valence-electron chi connectivity index (χ0n) is 7.91. The molecule has 14 heavy (non-hydrogen) atoms. The number of Topliss-reactive ketones (excluding diaryl/α,β-unsaturated/α-hetero) is 1. The second-order valence-electron chi connectivity index (χ2n) is 3.26. The lowest BCUT2D eigenvalue weighted by Gasteiger charge is -2.09. The normalized spacial score (nSPS) is 12.9. The Morgan fingerprint density at radius 2 is 1.86 bits per heavy atom. The van der Waals surface area contributed by atoms with Crippen molar-refractivity contribution in [3.63, 3.8) is 0 Å². The van der Waals surface area contributed by atoms with Crippen molar-refractivity contribution in [2.45, 2.75) is 19.8 Å². The Bertz CT molecular complexity index is 295. The molecule has 0 bridgehead atoms. The molecule has 0 amide bonds. The van der Waals surface area contributed by atoms with Crippen LogP contribution in [-0.2, 0) is 0 Å². The molecule has 0 aromatic heterocycles. The van der Waals surface area contributed by atoms with Gasteiger partial charge in [0.25, 0.3) is 0 Å². The molecule has 0 spiro atoms. The van der Waals surface area contributed by atoms with Crippen LogP contribution in [0, 0.1) is 5.92 Å². The third kappa shape index (κ3) is 2.91. The summed E-state index contributed by atoms with van der Waals surface area (Å²) in [4.78, 5) is 11.5. The van der Waals surface area contributed by atoms with Crippen molar-refractivity contribution in [3.8, 4) is 0 Å². The molecule has 0 saturated carbocycles. The first-order chi connectivity index (χ1) is 6.61. The van der Waals surface area contributed by atoms with E-state index in [0.29, 0.717) is 5.56 Å². The van der Waals surface area contributed by atoms with Gasteiger partial charge in [0.2, 0.25) is 6.43 Å². The van der Waals surface area contributed by atoms with Crippen LogP contribution in [-0.4, -0.2) is 12.2 Å². The summed E-state index contributed by atoms with van der Waals surface area (Å²) in [6, 6.07) is 8.52. The zero-order valence-corrected chi connectivity index (χ0v) is 7.91. The quantitative estimate of drug-likeness (QED) is 0.679. The largest absolute Gasteiger partial charge is 0.294 e. The van der Waals surface area contributed by atoms with Gasteiger partial charge in [-0.2, -0.15) is 0 Å². The smallest absolute Gasteiger partial charge is 0.239 e. The second-order valence-corrected chi connectivity index (χ2v) is 3.26. The monoisotopic (exact) mass is 198 g/mol. The van der Waals surface area contributed by atoms with E-state index in [1.165, 1.54) is 6.92 Å². The minimum Gasteiger partial charge on any atom is -0.294 e. The standard InChI is InChI=1S/C11H12F2O/c1-8(7-10(12)13)11(14)9-5-3-2-4-6-9/h2-6,8,10H,7H2,1H3. The molecule has 76 valence electrons. The Morgan fingerprint density at radius 3 is 2.36 bits per heavy atom. The first-order valence-corrected chi connectivity index (χ1v) is 4.48. The molecule has 0 radical (unpaired) electrons. The van der Waals surface area contributed by atoms with Crippen molar-refractivity contribution >= 4 is 5.78 Å². The molecule has 1 rings (SSSR count). The molecule has 1 aromatic rings. The van der Waals surface area contributed by atoms with Crippen LogP contribution in [0.5, 0.6) is 0 Å². The molecule has 1 nitrogen and oxygen atoms in total. The maximum atomic E-state index is 12.0. The van der Waals surface area contributed by atoms with Gasteiger partial charge < -0.3 is 0 Å². The molecule has 1 unspecified atom stereocenters. The molecule has 1 aromatic carbocycles. The fraction of sp³-hybridized carbons (Fsp3) is 0.364. The maximum absolute atomic E-state index is 12.0. The molecule has 0 aliphatic rings. The van der Waals surface area contributed by atoms with Crippen LogP contribution in [0.15, 0.2) is 30.3 Å². The fourth-order valence-electron chi connectivity index (χ4n) is 1.26. The summed E-state index contributed by atoms with van der Waals surface area (Å²) in [5, 5.41) is 0. The molecule has 1 atom stereocenters. The summed E-state index contributed by atoms with van der Waals surface area (Å²) in [5.41, 5.74) is 0.501. The van der Waals surface area contributed by atoms with Gasteiger partial charge in [-0.25, -0.2) is 8.78 Å². The second kappa shape index (κ2) is 4.84. The Kier molecular flexibility index (Phi) is 3.74. The minimum absolute atomic E-state index is 0.217. The summed E-state index contributed by atoms with van der Waals surface area (Å²) >= 11 is 0. The Labute approximate surface area is 81.7 Å². The number of ketones is 1. The third-order valence-corrected chi connectivity index (χ3v) is 2.04. The van der Waals surface area contributed by atoms with Crippen LogP contribution in [0.2, 0.25) is 0 Å². The van der Waals surface area contributed by atoms with Crippen molar-refractivity contribution in [1.82, 2.24) is 0 Å². The minimum atomic E-state index is -2.42. The fourth-order valence-corrected chi connectivity index (χ4v) is 1.26. The van der Waals surface area contributed by atoms with Crippen LogP contribution in [0.25, 0.3) is 0 Å². The predicted octanol–water partition coefficient (Wildman–Crippen LogP) is 3.16. The number of benzene rings is 1. The van der Waals surface area contributed by atoms with Gasteiger partial charge in [0.05, 0.1) is 0 Å². The van der Waals surface area contributed by atoms with Crippen molar-refractivity contribution < 1.29 is 13.6 Å². The summed E-state index contributed by atoms with van der Waals surface area (Å²) in [6.45, 7) is 1.53. The topological polar surface area (TPSA) is 17.1 Å². The summed E-state index contributed by atoms with van der Waals surface area (Å²) in [6.07, 6.45) is -2.79. The van der Waals surface area contributed by atoms with Gasteiger partial charge in [0.15, 0.2) is 5.78 Å². The van der Waals surface area contributed by atoms with Gasteiger partial charge in [0.1, 0.15) is 0 Å². The van der Waals surface area contributed by atoms with Crippen LogP contribution >= 0.6 is 0 Å². The van der Waals surface area contributed by atoms with E-state index in [-0.39, 0.29) is 12.2 Å². The van der Waals surface area contributed by atoms with Gasteiger partial charge >= 0.3 is 0 Å². The van der Waals surface area contributed by atoms with Gasteiger partial charge in [-0.05, 0) is 0 Å². The maximum Gasteiger partial charge on any atom is 0.239 e. The lowest BCUT2D eigenvalue weighted by molar-refractivity contribution is 0.0800. The van der Waals surface area contributed by atoms with E-state index in [9.17, 15) is 13.6 Å². The first kappa shape index (κ1) is 10.8. The lowest BCUT2D eigenvalue weighted by Crippen LogP contribution is -2.14. The number of alkyl halides is 2. The van der Waals surface area contributed by atoms with Gasteiger partial charge in [0, 0.05) is 17.9 Å². The van der Waals surface area contributed by atoms with Crippen molar-refractivity contribution in [2.24, 2.45) is 5.92 Å². The van der Waals surface area contributed by atoms with E-state index in [0.717, 1.165) is 0 Å². The zero-order chi connectivity index (χ0) is 10.6. The Hall–Kier alpha value is -1.25. The average Bonchev–Trinajstić information content (AvgIpc) is 2.17. The van der Waals surface area contributed by atoms with Gasteiger partial charge in [-0.15, -0.1) is 0 Å². The highest BCUT2D eigenvalue weighted by Crippen LogP contribution is 2.15. The van der Waals surface area contributed by atoms with Crippen molar-refractivity contribution in [2.75, 3.05) is 0 Å². The number of hydrogen-bond donors (Lipinski definition) is 0.